The summed E-state index contributed by atoms with van der Waals surface area (Å²) in [7, 11) is 0. The Balaban J connectivity index is 2.00. The zero-order chi connectivity index (χ0) is 18.1. The number of aliphatic hydroxyl groups excluding tert-OH is 1. The third-order valence-electron chi connectivity index (χ3n) is 3.13. The summed E-state index contributed by atoms with van der Waals surface area (Å²) in [6.45, 7) is 1.04. The number of benzene rings is 2. The molecular weight excluding hydrogens is 403 g/mol. The van der Waals surface area contributed by atoms with Crippen LogP contribution < -0.4 is 9.47 Å². The van der Waals surface area contributed by atoms with Gasteiger partial charge in [0.25, 0.3) is 0 Å². The van der Waals surface area contributed by atoms with Crippen molar-refractivity contribution in [3.05, 3.63) is 46.4 Å². The van der Waals surface area contributed by atoms with Gasteiger partial charge < -0.3 is 14.6 Å². The number of ether oxygens (including phenoxy) is 2. The summed E-state index contributed by atoms with van der Waals surface area (Å²) < 4.78 is 11.1. The lowest BCUT2D eigenvalue weighted by Gasteiger charge is -2.11. The molecule has 0 aromatic heterocycles. The van der Waals surface area contributed by atoms with Gasteiger partial charge in [0.15, 0.2) is 5.75 Å². The number of rotatable bonds is 10. The van der Waals surface area contributed by atoms with E-state index in [9.17, 15) is 0 Å². The van der Waals surface area contributed by atoms with Crippen LogP contribution in [-0.4, -0.2) is 30.8 Å². The predicted molar refractivity (Wildman–Crippen MR) is 105 cm³/mol. The first-order valence-corrected chi connectivity index (χ1v) is 9.94. The van der Waals surface area contributed by atoms with E-state index >= 15 is 0 Å². The molecule has 0 aliphatic carbocycles. The first-order chi connectivity index (χ1) is 12.1. The molecule has 2 aromatic rings. The number of alkyl halides is 1. The van der Waals surface area contributed by atoms with E-state index in [0.29, 0.717) is 41.3 Å². The van der Waals surface area contributed by atoms with Crippen molar-refractivity contribution in [2.45, 2.75) is 22.6 Å². The van der Waals surface area contributed by atoms with Crippen LogP contribution in [0, 0.1) is 0 Å². The van der Waals surface area contributed by atoms with E-state index in [1.54, 1.807) is 11.8 Å². The quantitative estimate of drug-likeness (QED) is 0.382. The Hall–Kier alpha value is -0.780. The minimum absolute atomic E-state index is 0.0642. The van der Waals surface area contributed by atoms with E-state index in [1.165, 1.54) is 0 Å². The lowest BCUT2D eigenvalue weighted by atomic mass is 10.3. The van der Waals surface area contributed by atoms with Crippen molar-refractivity contribution in [2.24, 2.45) is 0 Å². The molecule has 2 aromatic carbocycles. The van der Waals surface area contributed by atoms with Gasteiger partial charge in [-0.3, -0.25) is 0 Å². The third kappa shape index (κ3) is 6.80. The van der Waals surface area contributed by atoms with Crippen LogP contribution in [0.3, 0.4) is 0 Å². The van der Waals surface area contributed by atoms with Gasteiger partial charge in [-0.05, 0) is 42.8 Å². The molecule has 136 valence electrons. The summed E-state index contributed by atoms with van der Waals surface area (Å²) >= 11 is 19.7. The van der Waals surface area contributed by atoms with Crippen LogP contribution in [0.5, 0.6) is 11.5 Å². The van der Waals surface area contributed by atoms with Crippen molar-refractivity contribution in [1.82, 2.24) is 0 Å². The molecular formula is C18H19Cl3O3S. The molecule has 0 aliphatic rings. The van der Waals surface area contributed by atoms with Crippen molar-refractivity contribution < 1.29 is 14.6 Å². The molecule has 0 unspecified atom stereocenters. The molecule has 0 saturated heterocycles. The molecule has 0 saturated carbocycles. The van der Waals surface area contributed by atoms with Gasteiger partial charge in [-0.25, -0.2) is 0 Å². The number of halogens is 3. The summed E-state index contributed by atoms with van der Waals surface area (Å²) in [5.41, 5.74) is 0. The van der Waals surface area contributed by atoms with Gasteiger partial charge in [0.05, 0.1) is 23.3 Å². The highest BCUT2D eigenvalue weighted by Gasteiger charge is 2.11. The van der Waals surface area contributed by atoms with Crippen LogP contribution >= 0.6 is 46.6 Å². The average molecular weight is 422 g/mol. The van der Waals surface area contributed by atoms with E-state index in [0.717, 1.165) is 22.0 Å². The van der Waals surface area contributed by atoms with Gasteiger partial charge in [-0.1, -0.05) is 35.0 Å². The van der Waals surface area contributed by atoms with Gasteiger partial charge in [0.2, 0.25) is 0 Å². The van der Waals surface area contributed by atoms with Crippen LogP contribution in [0.25, 0.3) is 0 Å². The van der Waals surface area contributed by atoms with Crippen molar-refractivity contribution in [2.75, 3.05) is 25.7 Å². The minimum atomic E-state index is 0.0642. The van der Waals surface area contributed by atoms with Gasteiger partial charge >= 0.3 is 0 Å². The van der Waals surface area contributed by atoms with Crippen molar-refractivity contribution >= 4 is 46.6 Å². The van der Waals surface area contributed by atoms with Crippen molar-refractivity contribution in [1.29, 1.82) is 0 Å². The van der Waals surface area contributed by atoms with E-state index in [-0.39, 0.29) is 6.61 Å². The Morgan fingerprint density at radius 3 is 2.12 bits per heavy atom. The molecule has 0 amide bonds. The predicted octanol–water partition coefficient (Wildman–Crippen LogP) is 5.91. The molecule has 0 spiro atoms. The SMILES string of the molecule is OCCCOc1c(Cl)cc(Sc2ccc(OCCCCl)cc2)cc1Cl. The number of hydrogen-bond acceptors (Lipinski definition) is 4. The fraction of sp³-hybridized carbons (Fsp3) is 0.333. The zero-order valence-electron chi connectivity index (χ0n) is 13.5. The smallest absolute Gasteiger partial charge is 0.156 e. The Kier molecular flexibility index (Phi) is 9.07. The average Bonchev–Trinajstić information content (AvgIpc) is 2.59. The van der Waals surface area contributed by atoms with Gasteiger partial charge in [-0.2, -0.15) is 0 Å². The highest BCUT2D eigenvalue weighted by molar-refractivity contribution is 7.99. The molecule has 0 bridgehead atoms. The molecule has 0 heterocycles. The third-order valence-corrected chi connectivity index (χ3v) is 4.93. The molecule has 2 rings (SSSR count). The molecule has 0 fully saturated rings. The van der Waals surface area contributed by atoms with Crippen molar-refractivity contribution in [3.63, 3.8) is 0 Å². The summed E-state index contributed by atoms with van der Waals surface area (Å²) in [5.74, 6) is 1.86. The monoisotopic (exact) mass is 420 g/mol. The number of aliphatic hydroxyl groups is 1. The number of hydrogen-bond donors (Lipinski definition) is 1. The second-order valence-corrected chi connectivity index (χ2v) is 7.45. The summed E-state index contributed by atoms with van der Waals surface area (Å²) in [4.78, 5) is 1.96. The van der Waals surface area contributed by atoms with E-state index < -0.39 is 0 Å². The molecule has 0 aliphatic heterocycles. The zero-order valence-corrected chi connectivity index (χ0v) is 16.6. The van der Waals surface area contributed by atoms with Gasteiger partial charge in [-0.15, -0.1) is 11.6 Å². The maximum absolute atomic E-state index is 8.81. The summed E-state index contributed by atoms with van der Waals surface area (Å²) in [6, 6.07) is 11.4. The van der Waals surface area contributed by atoms with Crippen LogP contribution in [0.15, 0.2) is 46.2 Å². The molecule has 1 N–H and O–H groups in total. The minimum Gasteiger partial charge on any atom is -0.494 e. The standard InChI is InChI=1S/C18H19Cl3O3S/c19-7-1-9-23-13-3-5-14(6-4-13)25-15-11-16(20)18(17(21)12-15)24-10-2-8-22/h3-6,11-12,22H,1-2,7-10H2. The lowest BCUT2D eigenvalue weighted by Crippen LogP contribution is -2.00. The first kappa shape index (κ1) is 20.5. The van der Waals surface area contributed by atoms with Gasteiger partial charge in [0, 0.05) is 28.7 Å². The van der Waals surface area contributed by atoms with Gasteiger partial charge in [0.1, 0.15) is 5.75 Å². The highest BCUT2D eigenvalue weighted by atomic mass is 35.5. The van der Waals surface area contributed by atoms with Crippen LogP contribution in [0.4, 0.5) is 0 Å². The maximum atomic E-state index is 8.81. The highest BCUT2D eigenvalue weighted by Crippen LogP contribution is 2.39. The largest absolute Gasteiger partial charge is 0.494 e. The Morgan fingerprint density at radius 2 is 1.52 bits per heavy atom. The van der Waals surface area contributed by atoms with E-state index in [1.807, 2.05) is 36.4 Å². The Bertz CT molecular complexity index is 642. The fourth-order valence-corrected chi connectivity index (χ4v) is 3.69. The second kappa shape index (κ2) is 11.0. The lowest BCUT2D eigenvalue weighted by molar-refractivity contribution is 0.233. The molecule has 3 nitrogen and oxygen atoms in total. The maximum Gasteiger partial charge on any atom is 0.156 e. The summed E-state index contributed by atoms with van der Waals surface area (Å²) in [5, 5.41) is 9.71. The van der Waals surface area contributed by atoms with Crippen LogP contribution in [0.1, 0.15) is 12.8 Å². The van der Waals surface area contributed by atoms with E-state index in [4.69, 9.17) is 49.4 Å². The normalized spacial score (nSPS) is 10.7. The molecule has 25 heavy (non-hydrogen) atoms. The topological polar surface area (TPSA) is 38.7 Å². The van der Waals surface area contributed by atoms with E-state index in [2.05, 4.69) is 0 Å². The van der Waals surface area contributed by atoms with Crippen molar-refractivity contribution in [3.8, 4) is 11.5 Å². The molecule has 0 radical (unpaired) electrons. The Labute approximate surface area is 167 Å². The fourth-order valence-electron chi connectivity index (χ4n) is 1.96. The Morgan fingerprint density at radius 1 is 0.880 bits per heavy atom. The van der Waals surface area contributed by atoms with Crippen LogP contribution in [-0.2, 0) is 0 Å². The second-order valence-electron chi connectivity index (χ2n) is 5.11. The van der Waals surface area contributed by atoms with Crippen LogP contribution in [0.2, 0.25) is 10.0 Å². The molecule has 7 heteroatoms. The molecule has 0 atom stereocenters. The first-order valence-electron chi connectivity index (χ1n) is 7.83. The summed E-state index contributed by atoms with van der Waals surface area (Å²) in [6.07, 6.45) is 1.35.